The number of fused-ring (bicyclic) bond motifs is 1. The summed E-state index contributed by atoms with van der Waals surface area (Å²) < 4.78 is 11.9. The quantitative estimate of drug-likeness (QED) is 0.654. The number of ether oxygens (including phenoxy) is 2. The lowest BCUT2D eigenvalue weighted by Gasteiger charge is -2.48. The smallest absolute Gasteiger partial charge is 0.300 e. The van der Waals surface area contributed by atoms with Gasteiger partial charge in [-0.1, -0.05) is 0 Å². The minimum Gasteiger partial charge on any atom is -0.481 e. The van der Waals surface area contributed by atoms with Gasteiger partial charge in [0.25, 0.3) is 5.97 Å². The number of carboxylic acid groups (broad SMARTS) is 1. The molecule has 2 aliphatic carbocycles. The maximum absolute atomic E-state index is 13.3. The van der Waals surface area contributed by atoms with Gasteiger partial charge in [0.1, 0.15) is 0 Å². The summed E-state index contributed by atoms with van der Waals surface area (Å²) >= 11 is 0. The minimum absolute atomic E-state index is 0.0661. The summed E-state index contributed by atoms with van der Waals surface area (Å²) in [6, 6.07) is 0.406. The van der Waals surface area contributed by atoms with Crippen LogP contribution in [0.3, 0.4) is 0 Å². The van der Waals surface area contributed by atoms with Gasteiger partial charge in [0.2, 0.25) is 0 Å². The largest absolute Gasteiger partial charge is 0.481 e. The van der Waals surface area contributed by atoms with Crippen molar-refractivity contribution in [3.63, 3.8) is 0 Å². The molecule has 180 valence electrons. The minimum atomic E-state index is -0.837. The molecule has 0 amide bonds. The summed E-state index contributed by atoms with van der Waals surface area (Å²) in [5.74, 6) is -1.97. The summed E-state index contributed by atoms with van der Waals surface area (Å²) in [7, 11) is 4.16. The van der Waals surface area contributed by atoms with E-state index in [9.17, 15) is 14.7 Å². The second kappa shape index (κ2) is 10.1. The van der Waals surface area contributed by atoms with Crippen LogP contribution in [0, 0.1) is 17.8 Å². The Morgan fingerprint density at radius 2 is 1.75 bits per heavy atom. The van der Waals surface area contributed by atoms with Crippen LogP contribution in [-0.4, -0.2) is 83.8 Å². The maximum Gasteiger partial charge on any atom is 0.300 e. The topological polar surface area (TPSA) is 113 Å². The Morgan fingerprint density at radius 1 is 1.09 bits per heavy atom. The lowest BCUT2D eigenvalue weighted by molar-refractivity contribution is -0.158. The molecule has 8 atom stereocenters. The molecule has 4 aliphatic rings. The molecule has 2 aliphatic heterocycles. The van der Waals surface area contributed by atoms with Gasteiger partial charge >= 0.3 is 0 Å². The Bertz CT molecular complexity index is 772. The Morgan fingerprint density at radius 3 is 2.38 bits per heavy atom. The predicted octanol–water partition coefficient (Wildman–Crippen LogP) is 1.84. The van der Waals surface area contributed by atoms with Crippen molar-refractivity contribution in [3.8, 4) is 0 Å². The van der Waals surface area contributed by atoms with Crippen LogP contribution in [0.4, 0.5) is 0 Å². The van der Waals surface area contributed by atoms with Crippen molar-refractivity contribution in [1.29, 1.82) is 0 Å². The van der Waals surface area contributed by atoms with Gasteiger partial charge in [0.05, 0.1) is 36.9 Å². The van der Waals surface area contributed by atoms with E-state index in [4.69, 9.17) is 19.4 Å². The third-order valence-corrected chi connectivity index (χ3v) is 7.43. The molecule has 8 nitrogen and oxygen atoms in total. The fraction of sp³-hybridized carbons (Fsp3) is 0.792. The van der Waals surface area contributed by atoms with Crippen LogP contribution in [0.2, 0.25) is 0 Å². The molecular weight excluding hydrogens is 414 g/mol. The van der Waals surface area contributed by atoms with E-state index in [1.807, 2.05) is 6.92 Å². The van der Waals surface area contributed by atoms with Crippen LogP contribution < -0.4 is 0 Å². The first-order chi connectivity index (χ1) is 15.0. The number of hydrogen-bond donors (Lipinski definition) is 2. The monoisotopic (exact) mass is 451 g/mol. The zero-order valence-electron chi connectivity index (χ0n) is 19.7. The lowest BCUT2D eigenvalue weighted by atomic mass is 9.60. The van der Waals surface area contributed by atoms with Gasteiger partial charge < -0.3 is 24.6 Å². The average molecular weight is 452 g/mol. The summed E-state index contributed by atoms with van der Waals surface area (Å²) in [5, 5.41) is 18.7. The standard InChI is InChI=1S/C22H33NO5.C2H4O2/c1-11-9-13(23(3)4)10-17(28-11)14-5-6-15-19(21(14)25)22(26)18-12(2)27-8-7-16(18)20(15)24;1-2(3)4/h11-15,17,19,21,25H,5-10H2,1-4H3;1H3,(H,3,4)/t11?,12?,13-,14?,15?,17?,19?,21?;/m0./s1. The second-order valence-electron chi connectivity index (χ2n) is 9.84. The SMILES string of the molecule is CC(=O)O.CC1C[C@H](N(C)C)CC(C2CCC3C(=O)C4=C(C(=O)C3C2O)C(C)OCC4)O1. The van der Waals surface area contributed by atoms with Gasteiger partial charge in [-0.3, -0.25) is 14.4 Å². The highest BCUT2D eigenvalue weighted by Crippen LogP contribution is 2.46. The Hall–Kier alpha value is -1.61. The fourth-order valence-electron chi connectivity index (χ4n) is 5.93. The number of carboxylic acids is 1. The highest BCUT2D eigenvalue weighted by atomic mass is 16.5. The number of aliphatic carboxylic acids is 1. The Kier molecular flexibility index (Phi) is 7.91. The van der Waals surface area contributed by atoms with Crippen molar-refractivity contribution in [2.45, 2.75) is 83.3 Å². The molecule has 1 saturated carbocycles. The zero-order chi connectivity index (χ0) is 23.7. The number of nitrogens with zero attached hydrogens (tertiary/aromatic N) is 1. The van der Waals surface area contributed by atoms with Crippen LogP contribution in [0.15, 0.2) is 11.1 Å². The molecule has 0 aromatic carbocycles. The van der Waals surface area contributed by atoms with Gasteiger partial charge in [0, 0.05) is 35.9 Å². The summed E-state index contributed by atoms with van der Waals surface area (Å²) in [4.78, 5) is 37.6. The van der Waals surface area contributed by atoms with Crippen molar-refractivity contribution >= 4 is 17.5 Å². The highest BCUT2D eigenvalue weighted by molar-refractivity contribution is 6.14. The first kappa shape index (κ1) is 25.0. The number of aliphatic hydroxyl groups excluding tert-OH is 1. The van der Waals surface area contributed by atoms with Crippen molar-refractivity contribution in [2.24, 2.45) is 17.8 Å². The molecule has 7 unspecified atom stereocenters. The Labute approximate surface area is 189 Å². The van der Waals surface area contributed by atoms with Gasteiger partial charge in [-0.25, -0.2) is 0 Å². The van der Waals surface area contributed by atoms with Crippen LogP contribution in [0.1, 0.15) is 52.9 Å². The third-order valence-electron chi connectivity index (χ3n) is 7.43. The number of hydrogen-bond acceptors (Lipinski definition) is 7. The van der Waals surface area contributed by atoms with E-state index in [0.29, 0.717) is 36.6 Å². The van der Waals surface area contributed by atoms with Gasteiger partial charge in [0.15, 0.2) is 11.6 Å². The molecule has 2 N–H and O–H groups in total. The molecule has 0 aromatic rings. The number of aliphatic hydroxyl groups is 1. The molecule has 0 spiro atoms. The highest BCUT2D eigenvalue weighted by Gasteiger charge is 2.54. The van der Waals surface area contributed by atoms with Crippen LogP contribution >= 0.6 is 0 Å². The number of carbonyl (C=O) groups is 3. The number of carbonyl (C=O) groups excluding carboxylic acids is 2. The van der Waals surface area contributed by atoms with Crippen molar-refractivity contribution in [1.82, 2.24) is 4.90 Å². The molecule has 2 fully saturated rings. The average Bonchev–Trinajstić information content (AvgIpc) is 2.70. The molecule has 0 aromatic heterocycles. The molecular formula is C24H37NO7. The van der Waals surface area contributed by atoms with E-state index in [1.165, 1.54) is 0 Å². The van der Waals surface area contributed by atoms with Gasteiger partial charge in [-0.2, -0.15) is 0 Å². The van der Waals surface area contributed by atoms with E-state index < -0.39 is 18.0 Å². The number of ketones is 2. The van der Waals surface area contributed by atoms with E-state index in [1.54, 1.807) is 0 Å². The molecule has 0 radical (unpaired) electrons. The fourth-order valence-corrected chi connectivity index (χ4v) is 5.93. The van der Waals surface area contributed by atoms with E-state index in [-0.39, 0.29) is 41.7 Å². The number of rotatable bonds is 2. The Balaban J connectivity index is 0.000000668. The molecule has 8 heteroatoms. The predicted molar refractivity (Wildman–Crippen MR) is 117 cm³/mol. The molecule has 32 heavy (non-hydrogen) atoms. The van der Waals surface area contributed by atoms with E-state index in [0.717, 1.165) is 26.2 Å². The second-order valence-corrected chi connectivity index (χ2v) is 9.84. The zero-order valence-corrected chi connectivity index (χ0v) is 19.7. The normalized spacial score (nSPS) is 39.7. The van der Waals surface area contributed by atoms with Crippen LogP contribution in [0.25, 0.3) is 0 Å². The van der Waals surface area contributed by atoms with Crippen LogP contribution in [0.5, 0.6) is 0 Å². The summed E-state index contributed by atoms with van der Waals surface area (Å²) in [6.45, 7) is 5.48. The molecule has 0 bridgehead atoms. The van der Waals surface area contributed by atoms with Crippen LogP contribution in [-0.2, 0) is 23.9 Å². The lowest BCUT2D eigenvalue weighted by Crippen LogP contribution is -2.56. The van der Waals surface area contributed by atoms with E-state index in [2.05, 4.69) is 25.9 Å². The van der Waals surface area contributed by atoms with Gasteiger partial charge in [-0.15, -0.1) is 0 Å². The molecule has 2 heterocycles. The first-order valence-electron chi connectivity index (χ1n) is 11.6. The summed E-state index contributed by atoms with van der Waals surface area (Å²) in [5.41, 5.74) is 1.17. The van der Waals surface area contributed by atoms with E-state index >= 15 is 0 Å². The number of Topliss-reactive ketones (excluding diaryl/α,β-unsaturated/α-hetero) is 2. The van der Waals surface area contributed by atoms with Crippen molar-refractivity contribution in [2.75, 3.05) is 20.7 Å². The first-order valence-corrected chi connectivity index (χ1v) is 11.6. The van der Waals surface area contributed by atoms with Gasteiger partial charge in [-0.05, 0) is 60.0 Å². The van der Waals surface area contributed by atoms with Crippen molar-refractivity contribution in [3.05, 3.63) is 11.1 Å². The molecule has 4 rings (SSSR count). The summed E-state index contributed by atoms with van der Waals surface area (Å²) in [6.07, 6.45) is 2.58. The maximum atomic E-state index is 13.3. The van der Waals surface area contributed by atoms with Crippen molar-refractivity contribution < 1.29 is 34.1 Å². The molecule has 1 saturated heterocycles. The third kappa shape index (κ3) is 4.98.